The van der Waals surface area contributed by atoms with Gasteiger partial charge < -0.3 is 10.0 Å². The van der Waals surface area contributed by atoms with Crippen LogP contribution >= 0.6 is 0 Å². The summed E-state index contributed by atoms with van der Waals surface area (Å²) in [6, 6.07) is 0. The van der Waals surface area contributed by atoms with Crippen molar-refractivity contribution in [3.8, 4) is 0 Å². The van der Waals surface area contributed by atoms with E-state index in [2.05, 4.69) is 4.90 Å². The number of carbonyl (C=O) groups excluding carboxylic acids is 1. The zero-order chi connectivity index (χ0) is 12.0. The molecule has 3 nitrogen and oxygen atoms in total. The van der Waals surface area contributed by atoms with Gasteiger partial charge in [-0.15, -0.1) is 0 Å². The molecule has 0 aromatic rings. The maximum Gasteiger partial charge on any atom is 0.132 e. The van der Waals surface area contributed by atoms with E-state index in [1.54, 1.807) is 0 Å². The molecule has 0 amide bonds. The Kier molecular flexibility index (Phi) is 5.99. The van der Waals surface area contributed by atoms with E-state index in [-0.39, 0.29) is 6.10 Å². The van der Waals surface area contributed by atoms with Gasteiger partial charge in [-0.3, -0.25) is 4.79 Å². The number of aliphatic hydroxyl groups excluding tert-OH is 1. The van der Waals surface area contributed by atoms with Gasteiger partial charge in [0.25, 0.3) is 0 Å². The summed E-state index contributed by atoms with van der Waals surface area (Å²) in [5.74, 6) is 0.854. The van der Waals surface area contributed by atoms with E-state index in [4.69, 9.17) is 0 Å². The Balaban J connectivity index is 2.10. The Labute approximate surface area is 98.8 Å². The molecule has 0 bridgehead atoms. The maximum atomic E-state index is 11.1. The Morgan fingerprint density at radius 2 is 2.06 bits per heavy atom. The quantitative estimate of drug-likeness (QED) is 0.752. The fraction of sp³-hybridized carbons (Fsp3) is 0.923. The number of Topliss-reactive ketones (excluding diaryl/α,β-unsaturated/α-hetero) is 1. The van der Waals surface area contributed by atoms with Gasteiger partial charge in [-0.25, -0.2) is 0 Å². The lowest BCUT2D eigenvalue weighted by Crippen LogP contribution is -2.37. The van der Waals surface area contributed by atoms with Gasteiger partial charge in [0.2, 0.25) is 0 Å². The molecule has 1 aliphatic rings. The van der Waals surface area contributed by atoms with Crippen molar-refractivity contribution in [2.24, 2.45) is 5.92 Å². The third kappa shape index (κ3) is 4.62. The molecule has 1 aliphatic heterocycles. The van der Waals surface area contributed by atoms with Crippen molar-refractivity contribution in [3.05, 3.63) is 0 Å². The lowest BCUT2D eigenvalue weighted by Gasteiger charge is -2.33. The van der Waals surface area contributed by atoms with E-state index < -0.39 is 0 Å². The summed E-state index contributed by atoms with van der Waals surface area (Å²) in [5, 5.41) is 9.48. The largest absolute Gasteiger partial charge is 0.393 e. The Bertz CT molecular complexity index is 208. The minimum atomic E-state index is -0.163. The normalized spacial score (nSPS) is 20.9. The maximum absolute atomic E-state index is 11.1. The first-order valence-electron chi connectivity index (χ1n) is 6.55. The third-order valence-corrected chi connectivity index (χ3v) is 3.64. The molecule has 0 spiro atoms. The minimum absolute atomic E-state index is 0.163. The van der Waals surface area contributed by atoms with Crippen LogP contribution in [0.2, 0.25) is 0 Å². The highest BCUT2D eigenvalue weighted by atomic mass is 16.3. The topological polar surface area (TPSA) is 40.5 Å². The average molecular weight is 227 g/mol. The van der Waals surface area contributed by atoms with Crippen molar-refractivity contribution in [2.45, 2.75) is 52.1 Å². The van der Waals surface area contributed by atoms with Gasteiger partial charge in [0, 0.05) is 12.8 Å². The first-order valence-corrected chi connectivity index (χ1v) is 6.55. The Hall–Kier alpha value is -0.410. The lowest BCUT2D eigenvalue weighted by molar-refractivity contribution is -0.118. The fourth-order valence-electron chi connectivity index (χ4n) is 2.34. The molecule has 1 heterocycles. The van der Waals surface area contributed by atoms with Gasteiger partial charge in [0.15, 0.2) is 0 Å². The Morgan fingerprint density at radius 3 is 2.56 bits per heavy atom. The van der Waals surface area contributed by atoms with Crippen LogP contribution in [0.15, 0.2) is 0 Å². The van der Waals surface area contributed by atoms with Crippen molar-refractivity contribution in [1.29, 1.82) is 0 Å². The number of rotatable bonds is 6. The summed E-state index contributed by atoms with van der Waals surface area (Å²) in [7, 11) is 0. The SMILES string of the molecule is CCC(=O)CCCN1CCC([C@@H](C)O)CC1. The molecule has 0 aromatic carbocycles. The number of piperidine rings is 1. The number of hydrogen-bond donors (Lipinski definition) is 1. The standard InChI is InChI=1S/C13H25NO2/c1-3-13(16)5-4-8-14-9-6-12(7-10-14)11(2)15/h11-12,15H,3-10H2,1-2H3/t11-/m1/s1. The summed E-state index contributed by atoms with van der Waals surface area (Å²) >= 11 is 0. The fourth-order valence-corrected chi connectivity index (χ4v) is 2.34. The van der Waals surface area contributed by atoms with Gasteiger partial charge in [0.05, 0.1) is 6.10 Å². The zero-order valence-corrected chi connectivity index (χ0v) is 10.6. The van der Waals surface area contributed by atoms with E-state index in [0.29, 0.717) is 18.1 Å². The van der Waals surface area contributed by atoms with Crippen LogP contribution < -0.4 is 0 Å². The van der Waals surface area contributed by atoms with Crippen LogP contribution in [0.4, 0.5) is 0 Å². The molecular formula is C13H25NO2. The highest BCUT2D eigenvalue weighted by Crippen LogP contribution is 2.20. The summed E-state index contributed by atoms with van der Waals surface area (Å²) in [6.45, 7) is 7.01. The smallest absolute Gasteiger partial charge is 0.132 e. The number of likely N-dealkylation sites (tertiary alicyclic amines) is 1. The number of ketones is 1. The molecule has 16 heavy (non-hydrogen) atoms. The molecule has 3 heteroatoms. The number of carbonyl (C=O) groups is 1. The van der Waals surface area contributed by atoms with Gasteiger partial charge in [-0.1, -0.05) is 6.92 Å². The van der Waals surface area contributed by atoms with Crippen LogP contribution in [-0.4, -0.2) is 41.5 Å². The molecule has 0 unspecified atom stereocenters. The highest BCUT2D eigenvalue weighted by molar-refractivity contribution is 5.77. The molecule has 1 N–H and O–H groups in total. The number of nitrogens with zero attached hydrogens (tertiary/aromatic N) is 1. The molecule has 1 atom stereocenters. The molecule has 0 aliphatic carbocycles. The van der Waals surface area contributed by atoms with E-state index in [9.17, 15) is 9.90 Å². The van der Waals surface area contributed by atoms with Gasteiger partial charge in [-0.05, 0) is 51.7 Å². The summed E-state index contributed by atoms with van der Waals surface area (Å²) < 4.78 is 0. The van der Waals surface area contributed by atoms with Gasteiger partial charge in [-0.2, -0.15) is 0 Å². The monoisotopic (exact) mass is 227 g/mol. The molecule has 0 aromatic heterocycles. The first kappa shape index (κ1) is 13.7. The number of aliphatic hydroxyl groups is 1. The minimum Gasteiger partial charge on any atom is -0.393 e. The predicted octanol–water partition coefficient (Wildman–Crippen LogP) is 1.84. The molecule has 1 fully saturated rings. The molecular weight excluding hydrogens is 202 g/mol. The summed E-state index contributed by atoms with van der Waals surface area (Å²) in [6.07, 6.45) is 4.42. The molecule has 1 rings (SSSR count). The van der Waals surface area contributed by atoms with Crippen molar-refractivity contribution in [3.63, 3.8) is 0 Å². The van der Waals surface area contributed by atoms with Crippen LogP contribution in [0.3, 0.4) is 0 Å². The predicted molar refractivity (Wildman–Crippen MR) is 65.4 cm³/mol. The third-order valence-electron chi connectivity index (χ3n) is 3.64. The highest BCUT2D eigenvalue weighted by Gasteiger charge is 2.22. The van der Waals surface area contributed by atoms with Crippen LogP contribution in [0, 0.1) is 5.92 Å². The first-order chi connectivity index (χ1) is 7.63. The second kappa shape index (κ2) is 7.02. The number of hydrogen-bond acceptors (Lipinski definition) is 3. The second-order valence-corrected chi connectivity index (χ2v) is 4.92. The van der Waals surface area contributed by atoms with Crippen LogP contribution in [-0.2, 0) is 4.79 Å². The van der Waals surface area contributed by atoms with Crippen molar-refractivity contribution in [2.75, 3.05) is 19.6 Å². The molecule has 0 radical (unpaired) electrons. The average Bonchev–Trinajstić information content (AvgIpc) is 2.29. The van der Waals surface area contributed by atoms with Crippen LogP contribution in [0.1, 0.15) is 46.0 Å². The van der Waals surface area contributed by atoms with E-state index >= 15 is 0 Å². The van der Waals surface area contributed by atoms with E-state index in [1.807, 2.05) is 13.8 Å². The van der Waals surface area contributed by atoms with Crippen molar-refractivity contribution in [1.82, 2.24) is 4.90 Å². The van der Waals surface area contributed by atoms with E-state index in [1.165, 1.54) is 0 Å². The zero-order valence-electron chi connectivity index (χ0n) is 10.6. The molecule has 94 valence electrons. The second-order valence-electron chi connectivity index (χ2n) is 4.92. The molecule has 0 saturated carbocycles. The van der Waals surface area contributed by atoms with Crippen LogP contribution in [0.25, 0.3) is 0 Å². The molecule has 1 saturated heterocycles. The summed E-state index contributed by atoms with van der Waals surface area (Å²) in [5.41, 5.74) is 0. The Morgan fingerprint density at radius 1 is 1.44 bits per heavy atom. The van der Waals surface area contributed by atoms with Crippen molar-refractivity contribution >= 4 is 5.78 Å². The van der Waals surface area contributed by atoms with Gasteiger partial charge >= 0.3 is 0 Å². The van der Waals surface area contributed by atoms with Crippen molar-refractivity contribution < 1.29 is 9.90 Å². The van der Waals surface area contributed by atoms with Gasteiger partial charge in [0.1, 0.15) is 5.78 Å². The lowest BCUT2D eigenvalue weighted by atomic mass is 9.92. The van der Waals surface area contributed by atoms with Crippen LogP contribution in [0.5, 0.6) is 0 Å². The summed E-state index contributed by atoms with van der Waals surface area (Å²) in [4.78, 5) is 13.6. The van der Waals surface area contributed by atoms with E-state index in [0.717, 1.165) is 45.3 Å².